The Labute approximate surface area is 313 Å². The first-order valence-electron chi connectivity index (χ1n) is 19.5. The molecule has 4 amide bonds. The van der Waals surface area contributed by atoms with Crippen molar-refractivity contribution in [2.75, 3.05) is 80.6 Å². The number of nitrogens with one attached hydrogen (secondary N) is 2. The molecule has 7 aliphatic rings. The molecule has 0 bridgehead atoms. The predicted octanol–water partition coefficient (Wildman–Crippen LogP) is 2.26. The molecule has 14 nitrogen and oxygen atoms in total. The highest BCUT2D eigenvalue weighted by Gasteiger charge is 2.56. The number of phenols is 1. The van der Waals surface area contributed by atoms with Gasteiger partial charge in [-0.25, -0.2) is 0 Å². The number of hydrogen-bond acceptors (Lipinski definition) is 12. The van der Waals surface area contributed by atoms with E-state index in [1.54, 1.807) is 12.1 Å². The van der Waals surface area contributed by atoms with Crippen LogP contribution in [0.1, 0.15) is 46.4 Å². The lowest BCUT2D eigenvalue weighted by atomic mass is 9.95. The van der Waals surface area contributed by atoms with E-state index in [0.29, 0.717) is 52.1 Å². The fraction of sp³-hybridized carbons (Fsp3) is 0.500. The van der Waals surface area contributed by atoms with E-state index in [1.165, 1.54) is 12.8 Å². The minimum Gasteiger partial charge on any atom is -0.507 e. The summed E-state index contributed by atoms with van der Waals surface area (Å²) in [7, 11) is 0. The van der Waals surface area contributed by atoms with Crippen molar-refractivity contribution < 1.29 is 24.3 Å². The summed E-state index contributed by atoms with van der Waals surface area (Å²) in [5.74, 6) is 1.88. The second kappa shape index (κ2) is 13.0. The van der Waals surface area contributed by atoms with Gasteiger partial charge < -0.3 is 25.1 Å². The number of benzene rings is 2. The lowest BCUT2D eigenvalue weighted by Gasteiger charge is -2.47. The second-order valence-corrected chi connectivity index (χ2v) is 16.3. The number of amides is 4. The van der Waals surface area contributed by atoms with Gasteiger partial charge in [-0.3, -0.25) is 34.3 Å². The van der Waals surface area contributed by atoms with Gasteiger partial charge in [-0.2, -0.15) is 0 Å². The Morgan fingerprint density at radius 2 is 1.57 bits per heavy atom. The summed E-state index contributed by atoms with van der Waals surface area (Å²) >= 11 is 0. The summed E-state index contributed by atoms with van der Waals surface area (Å²) in [6, 6.07) is 14.2. The van der Waals surface area contributed by atoms with E-state index in [1.807, 2.05) is 30.3 Å². The maximum atomic E-state index is 13.3. The zero-order valence-corrected chi connectivity index (χ0v) is 30.2. The summed E-state index contributed by atoms with van der Waals surface area (Å²) in [6.45, 7) is 10.4. The Hall–Kier alpha value is -5.08. The van der Waals surface area contributed by atoms with Crippen molar-refractivity contribution in [1.82, 2.24) is 30.2 Å². The number of piperidine rings is 3. The van der Waals surface area contributed by atoms with Crippen molar-refractivity contribution >= 4 is 40.8 Å². The molecule has 1 unspecified atom stereocenters. The van der Waals surface area contributed by atoms with Crippen LogP contribution >= 0.6 is 0 Å². The molecule has 280 valence electrons. The number of phenolic OH excluding ortho intramolecular Hbond substituents is 1. The Bertz CT molecular complexity index is 2040. The Morgan fingerprint density at radius 1 is 0.778 bits per heavy atom. The van der Waals surface area contributed by atoms with Crippen molar-refractivity contribution in [1.29, 1.82) is 0 Å². The Morgan fingerprint density at radius 3 is 2.37 bits per heavy atom. The van der Waals surface area contributed by atoms with E-state index < -0.39 is 23.8 Å². The van der Waals surface area contributed by atoms with Crippen LogP contribution in [-0.2, 0) is 9.59 Å². The fourth-order valence-corrected chi connectivity index (χ4v) is 10.1. The normalized spacial score (nSPS) is 28.4. The van der Waals surface area contributed by atoms with Crippen molar-refractivity contribution in [3.8, 4) is 17.0 Å². The molecule has 54 heavy (non-hydrogen) atoms. The first-order valence-corrected chi connectivity index (χ1v) is 19.5. The summed E-state index contributed by atoms with van der Waals surface area (Å²) in [5, 5.41) is 25.0. The Balaban J connectivity index is 0.688. The van der Waals surface area contributed by atoms with Gasteiger partial charge in [0.25, 0.3) is 11.8 Å². The highest BCUT2D eigenvalue weighted by Crippen LogP contribution is 2.53. The third-order valence-electron chi connectivity index (χ3n) is 13.2. The number of anilines is 3. The highest BCUT2D eigenvalue weighted by molar-refractivity contribution is 6.23. The molecule has 3 aromatic rings. The molecule has 4 saturated heterocycles. The number of carbonyl (C=O) groups is 4. The lowest BCUT2D eigenvalue weighted by molar-refractivity contribution is -0.136. The molecule has 1 saturated carbocycles. The smallest absolute Gasteiger partial charge is 0.262 e. The van der Waals surface area contributed by atoms with Gasteiger partial charge in [0, 0.05) is 70.0 Å². The van der Waals surface area contributed by atoms with E-state index in [9.17, 15) is 24.3 Å². The molecular formula is C40H45N9O5. The summed E-state index contributed by atoms with van der Waals surface area (Å²) < 4.78 is 0. The number of aromatic nitrogens is 2. The van der Waals surface area contributed by atoms with Crippen LogP contribution in [0.2, 0.25) is 0 Å². The van der Waals surface area contributed by atoms with E-state index in [0.717, 1.165) is 87.5 Å². The van der Waals surface area contributed by atoms with Crippen LogP contribution in [0.3, 0.4) is 0 Å². The number of para-hydroxylation sites is 1. The van der Waals surface area contributed by atoms with E-state index in [-0.39, 0.29) is 24.5 Å². The molecule has 5 atom stereocenters. The molecule has 5 fully saturated rings. The van der Waals surface area contributed by atoms with E-state index >= 15 is 0 Å². The van der Waals surface area contributed by atoms with Gasteiger partial charge in [-0.05, 0) is 92.4 Å². The monoisotopic (exact) mass is 731 g/mol. The SMILES string of the molecule is O=C1CCC(N2C(=O)c3ccc(N4C[C@@H]5[C@@H](CN6CCC(CN7CCN8c9cc(-c%10ccccc%10O)nnc9NC[C@H]8C7)CC6)[C@@H]5C4)cc3C2=O)C(=O)N1. The molecule has 2 aromatic carbocycles. The third-order valence-corrected chi connectivity index (χ3v) is 13.2. The minimum atomic E-state index is -0.948. The molecule has 0 radical (unpaired) electrons. The third kappa shape index (κ3) is 5.77. The van der Waals surface area contributed by atoms with E-state index in [4.69, 9.17) is 0 Å². The van der Waals surface area contributed by atoms with Crippen LogP contribution in [-0.4, -0.2) is 131 Å². The highest BCUT2D eigenvalue weighted by atomic mass is 16.3. The van der Waals surface area contributed by atoms with Gasteiger partial charge in [-0.1, -0.05) is 12.1 Å². The summed E-state index contributed by atoms with van der Waals surface area (Å²) in [6.07, 6.45) is 2.74. The van der Waals surface area contributed by atoms with Gasteiger partial charge in [0.1, 0.15) is 11.8 Å². The number of hydrogen-bond donors (Lipinski definition) is 3. The molecule has 14 heteroatoms. The van der Waals surface area contributed by atoms with Crippen molar-refractivity contribution in [3.05, 3.63) is 59.7 Å². The van der Waals surface area contributed by atoms with Crippen LogP contribution in [0.5, 0.6) is 5.75 Å². The maximum Gasteiger partial charge on any atom is 0.262 e. The topological polar surface area (TPSA) is 155 Å². The number of likely N-dealkylation sites (tertiary alicyclic amines) is 1. The first-order chi connectivity index (χ1) is 26.3. The molecule has 1 aromatic heterocycles. The number of rotatable bonds is 7. The summed E-state index contributed by atoms with van der Waals surface area (Å²) in [4.78, 5) is 61.7. The quantitative estimate of drug-likeness (QED) is 0.306. The van der Waals surface area contributed by atoms with Crippen molar-refractivity contribution in [2.45, 2.75) is 37.8 Å². The van der Waals surface area contributed by atoms with Crippen LogP contribution in [0.15, 0.2) is 48.5 Å². The van der Waals surface area contributed by atoms with Gasteiger partial charge in [0.2, 0.25) is 11.8 Å². The van der Waals surface area contributed by atoms with Crippen LogP contribution in [0.25, 0.3) is 11.3 Å². The second-order valence-electron chi connectivity index (χ2n) is 16.3. The summed E-state index contributed by atoms with van der Waals surface area (Å²) in [5.41, 5.74) is 4.08. The van der Waals surface area contributed by atoms with E-state index in [2.05, 4.69) is 46.5 Å². The lowest BCUT2D eigenvalue weighted by Crippen LogP contribution is -2.58. The fourth-order valence-electron chi connectivity index (χ4n) is 10.1. The Kier molecular flexibility index (Phi) is 8.09. The molecule has 7 heterocycles. The molecule has 0 spiro atoms. The van der Waals surface area contributed by atoms with Crippen LogP contribution in [0.4, 0.5) is 17.2 Å². The first kappa shape index (κ1) is 33.5. The van der Waals surface area contributed by atoms with Gasteiger partial charge >= 0.3 is 0 Å². The minimum absolute atomic E-state index is 0.111. The van der Waals surface area contributed by atoms with Crippen LogP contribution in [0, 0.1) is 23.7 Å². The number of piperazine rings is 1. The molecular weight excluding hydrogens is 686 g/mol. The maximum absolute atomic E-state index is 13.3. The number of imide groups is 2. The standard InChI is InChI=1S/C40H45N9O5/c50-35-4-2-1-3-27(35)32-16-34-37(44-43-32)41-17-25-19-46(13-14-48(25)34)18-23-9-11-45(12-10-23)20-29-30-21-47(22-31(29)30)24-5-6-26-28(15-24)40(54)49(39(26)53)33-7-8-36(51)42-38(33)52/h1-6,15-16,23,25,29-31,33,50H,7-14,17-22H2,(H,41,44)(H,42,51,52)/t25-,29-,30-,31+,33?/m0/s1. The zero-order chi connectivity index (χ0) is 36.7. The predicted molar refractivity (Wildman–Crippen MR) is 200 cm³/mol. The van der Waals surface area contributed by atoms with Crippen molar-refractivity contribution in [3.63, 3.8) is 0 Å². The average Bonchev–Trinajstić information content (AvgIpc) is 3.48. The van der Waals surface area contributed by atoms with Crippen molar-refractivity contribution in [2.24, 2.45) is 23.7 Å². The number of nitrogens with zero attached hydrogens (tertiary/aromatic N) is 7. The van der Waals surface area contributed by atoms with Crippen LogP contribution < -0.4 is 20.4 Å². The van der Waals surface area contributed by atoms with Gasteiger partial charge in [0.05, 0.1) is 28.6 Å². The molecule has 3 N–H and O–H groups in total. The van der Waals surface area contributed by atoms with Gasteiger partial charge in [-0.15, -0.1) is 10.2 Å². The molecule has 1 aliphatic carbocycles. The molecule has 6 aliphatic heterocycles. The zero-order valence-electron chi connectivity index (χ0n) is 30.2. The number of carbonyl (C=O) groups excluding carboxylic acids is 4. The largest absolute Gasteiger partial charge is 0.507 e. The van der Waals surface area contributed by atoms with Gasteiger partial charge in [0.15, 0.2) is 5.82 Å². The average molecular weight is 732 g/mol. The molecule has 10 rings (SSSR count). The number of aromatic hydroxyl groups is 1. The number of fused-ring (bicyclic) bond motifs is 5.